The van der Waals surface area contributed by atoms with Crippen LogP contribution in [0.1, 0.15) is 21.5 Å². The summed E-state index contributed by atoms with van der Waals surface area (Å²) in [5, 5.41) is 6.89. The molecule has 1 heterocycles. The zero-order valence-corrected chi connectivity index (χ0v) is 14.2. The minimum Gasteiger partial charge on any atom is -0.368 e. The van der Waals surface area contributed by atoms with Gasteiger partial charge in [0, 0.05) is 24.4 Å². The summed E-state index contributed by atoms with van der Waals surface area (Å²) >= 11 is 0. The van der Waals surface area contributed by atoms with E-state index in [4.69, 9.17) is 5.73 Å². The van der Waals surface area contributed by atoms with Crippen LogP contribution in [-0.4, -0.2) is 27.6 Å². The minimum atomic E-state index is -0.764. The van der Waals surface area contributed by atoms with Crippen molar-refractivity contribution in [1.82, 2.24) is 15.1 Å². The molecule has 26 heavy (non-hydrogen) atoms. The molecule has 0 fully saturated rings. The van der Waals surface area contributed by atoms with E-state index in [2.05, 4.69) is 10.4 Å². The first-order valence-electron chi connectivity index (χ1n) is 8.32. The van der Waals surface area contributed by atoms with Gasteiger partial charge in [0.1, 0.15) is 6.04 Å². The molecule has 0 aliphatic carbocycles. The molecule has 6 heteroatoms. The van der Waals surface area contributed by atoms with Crippen molar-refractivity contribution in [2.75, 3.05) is 0 Å². The van der Waals surface area contributed by atoms with Crippen LogP contribution in [-0.2, 0) is 17.8 Å². The number of nitrogens with zero attached hydrogens (tertiary/aromatic N) is 2. The van der Waals surface area contributed by atoms with Crippen molar-refractivity contribution >= 4 is 11.8 Å². The molecule has 3 N–H and O–H groups in total. The van der Waals surface area contributed by atoms with E-state index in [0.717, 1.165) is 11.1 Å². The maximum absolute atomic E-state index is 12.6. The van der Waals surface area contributed by atoms with Gasteiger partial charge < -0.3 is 11.1 Å². The Morgan fingerprint density at radius 3 is 2.50 bits per heavy atom. The van der Waals surface area contributed by atoms with E-state index in [0.29, 0.717) is 18.5 Å². The molecule has 0 bridgehead atoms. The third-order valence-electron chi connectivity index (χ3n) is 4.02. The lowest BCUT2D eigenvalue weighted by molar-refractivity contribution is -0.119. The normalized spacial score (nSPS) is 11.7. The van der Waals surface area contributed by atoms with E-state index in [9.17, 15) is 9.59 Å². The highest BCUT2D eigenvalue weighted by molar-refractivity contribution is 5.97. The van der Waals surface area contributed by atoms with E-state index in [1.165, 1.54) is 0 Å². The Hall–Kier alpha value is -3.41. The first-order chi connectivity index (χ1) is 12.6. The van der Waals surface area contributed by atoms with Crippen molar-refractivity contribution in [3.05, 3.63) is 89.7 Å². The zero-order chi connectivity index (χ0) is 18.4. The van der Waals surface area contributed by atoms with E-state index < -0.39 is 11.9 Å². The molecular formula is C20H20N4O2. The standard InChI is InChI=1S/C20H20N4O2/c21-19(25)18(13-15-6-2-1-3-7-15)23-20(26)17-9-4-8-16(12-17)14-24-11-5-10-22-24/h1-12,18H,13-14H2,(H2,21,25)(H,23,26)/t18-/m0/s1. The summed E-state index contributed by atoms with van der Waals surface area (Å²) < 4.78 is 1.78. The summed E-state index contributed by atoms with van der Waals surface area (Å²) in [6.45, 7) is 0.567. The molecule has 1 atom stereocenters. The number of nitrogens with two attached hydrogens (primary N) is 1. The Morgan fingerprint density at radius 1 is 1.04 bits per heavy atom. The fraction of sp³-hybridized carbons (Fsp3) is 0.150. The van der Waals surface area contributed by atoms with Gasteiger partial charge in [-0.2, -0.15) is 5.10 Å². The van der Waals surface area contributed by atoms with E-state index in [1.807, 2.05) is 54.7 Å². The number of aromatic nitrogens is 2. The van der Waals surface area contributed by atoms with Crippen LogP contribution in [0, 0.1) is 0 Å². The molecule has 6 nitrogen and oxygen atoms in total. The van der Waals surface area contributed by atoms with E-state index in [-0.39, 0.29) is 5.91 Å². The Kier molecular flexibility index (Phi) is 5.43. The molecule has 0 spiro atoms. The van der Waals surface area contributed by atoms with Gasteiger partial charge in [-0.25, -0.2) is 0 Å². The van der Waals surface area contributed by atoms with Crippen LogP contribution in [0.4, 0.5) is 0 Å². The smallest absolute Gasteiger partial charge is 0.251 e. The molecule has 0 radical (unpaired) electrons. The Bertz CT molecular complexity index is 876. The first-order valence-corrected chi connectivity index (χ1v) is 8.32. The SMILES string of the molecule is NC(=O)[C@H](Cc1ccccc1)NC(=O)c1cccc(Cn2cccn2)c1. The third-order valence-corrected chi connectivity index (χ3v) is 4.02. The van der Waals surface area contributed by atoms with Crippen LogP contribution in [0.3, 0.4) is 0 Å². The van der Waals surface area contributed by atoms with Gasteiger partial charge in [-0.1, -0.05) is 42.5 Å². The molecule has 132 valence electrons. The molecule has 3 aromatic rings. The van der Waals surface area contributed by atoms with Gasteiger partial charge in [-0.05, 0) is 29.3 Å². The lowest BCUT2D eigenvalue weighted by atomic mass is 10.0. The molecule has 0 saturated heterocycles. The predicted octanol–water partition coefficient (Wildman–Crippen LogP) is 1.76. The van der Waals surface area contributed by atoms with E-state index in [1.54, 1.807) is 23.0 Å². The van der Waals surface area contributed by atoms with Gasteiger partial charge in [0.15, 0.2) is 0 Å². The van der Waals surface area contributed by atoms with E-state index >= 15 is 0 Å². The molecule has 1 aromatic heterocycles. The summed E-state index contributed by atoms with van der Waals surface area (Å²) in [5.41, 5.74) is 7.83. The minimum absolute atomic E-state index is 0.327. The fourth-order valence-corrected chi connectivity index (χ4v) is 2.71. The van der Waals surface area contributed by atoms with Crippen molar-refractivity contribution in [3.63, 3.8) is 0 Å². The average Bonchev–Trinajstić information content (AvgIpc) is 3.15. The summed E-state index contributed by atoms with van der Waals surface area (Å²) in [6, 6.07) is 17.8. The zero-order valence-electron chi connectivity index (χ0n) is 14.2. The first kappa shape index (κ1) is 17.4. The molecule has 3 rings (SSSR count). The van der Waals surface area contributed by atoms with Gasteiger partial charge in [-0.3, -0.25) is 14.3 Å². The number of carbonyl (C=O) groups excluding carboxylic acids is 2. The molecule has 0 aliphatic heterocycles. The fourth-order valence-electron chi connectivity index (χ4n) is 2.71. The Balaban J connectivity index is 1.70. The average molecular weight is 348 g/mol. The van der Waals surface area contributed by atoms with Crippen LogP contribution in [0.2, 0.25) is 0 Å². The van der Waals surface area contributed by atoms with Gasteiger partial charge >= 0.3 is 0 Å². The van der Waals surface area contributed by atoms with Crippen LogP contribution in [0.15, 0.2) is 73.1 Å². The van der Waals surface area contributed by atoms with Crippen molar-refractivity contribution in [3.8, 4) is 0 Å². The van der Waals surface area contributed by atoms with Gasteiger partial charge in [0.05, 0.1) is 6.54 Å². The highest BCUT2D eigenvalue weighted by Crippen LogP contribution is 2.09. The number of carbonyl (C=O) groups is 2. The molecule has 0 saturated carbocycles. The second kappa shape index (κ2) is 8.11. The number of hydrogen-bond donors (Lipinski definition) is 2. The summed E-state index contributed by atoms with van der Waals surface area (Å²) in [4.78, 5) is 24.3. The number of benzene rings is 2. The highest BCUT2D eigenvalue weighted by Gasteiger charge is 2.19. The quantitative estimate of drug-likeness (QED) is 0.682. The highest BCUT2D eigenvalue weighted by atomic mass is 16.2. The van der Waals surface area contributed by atoms with Crippen molar-refractivity contribution < 1.29 is 9.59 Å². The van der Waals surface area contributed by atoms with Crippen molar-refractivity contribution in [1.29, 1.82) is 0 Å². The Morgan fingerprint density at radius 2 is 1.81 bits per heavy atom. The number of primary amides is 1. The number of nitrogens with one attached hydrogen (secondary N) is 1. The Labute approximate surface area is 151 Å². The van der Waals surface area contributed by atoms with Gasteiger partial charge in [-0.15, -0.1) is 0 Å². The lowest BCUT2D eigenvalue weighted by Gasteiger charge is -2.16. The number of amides is 2. The van der Waals surface area contributed by atoms with Crippen LogP contribution >= 0.6 is 0 Å². The number of rotatable bonds is 7. The summed E-state index contributed by atoms with van der Waals surface area (Å²) in [6.07, 6.45) is 3.92. The third kappa shape index (κ3) is 4.57. The second-order valence-electron chi connectivity index (χ2n) is 6.02. The molecule has 2 aromatic carbocycles. The maximum atomic E-state index is 12.6. The molecule has 0 aliphatic rings. The van der Waals surface area contributed by atoms with Crippen LogP contribution in [0.25, 0.3) is 0 Å². The summed E-state index contributed by atoms with van der Waals surface area (Å²) in [7, 11) is 0. The number of hydrogen-bond acceptors (Lipinski definition) is 3. The largest absolute Gasteiger partial charge is 0.368 e. The monoisotopic (exact) mass is 348 g/mol. The van der Waals surface area contributed by atoms with Gasteiger partial charge in [0.25, 0.3) is 5.91 Å². The summed E-state index contributed by atoms with van der Waals surface area (Å²) in [5.74, 6) is -0.887. The molecule has 2 amide bonds. The molecule has 0 unspecified atom stereocenters. The topological polar surface area (TPSA) is 90.0 Å². The maximum Gasteiger partial charge on any atom is 0.251 e. The van der Waals surface area contributed by atoms with Crippen LogP contribution in [0.5, 0.6) is 0 Å². The van der Waals surface area contributed by atoms with Crippen molar-refractivity contribution in [2.24, 2.45) is 5.73 Å². The van der Waals surface area contributed by atoms with Crippen molar-refractivity contribution in [2.45, 2.75) is 19.0 Å². The van der Waals surface area contributed by atoms with Gasteiger partial charge in [0.2, 0.25) is 5.91 Å². The second-order valence-corrected chi connectivity index (χ2v) is 6.02. The molecular weight excluding hydrogens is 328 g/mol. The van der Waals surface area contributed by atoms with Crippen LogP contribution < -0.4 is 11.1 Å². The predicted molar refractivity (Wildman–Crippen MR) is 98.4 cm³/mol. The lowest BCUT2D eigenvalue weighted by Crippen LogP contribution is -2.45.